The zero-order valence-electron chi connectivity index (χ0n) is 34.9. The van der Waals surface area contributed by atoms with Gasteiger partial charge in [0.1, 0.15) is 18.4 Å². The van der Waals surface area contributed by atoms with Gasteiger partial charge in [-0.2, -0.15) is 10.1 Å². The number of ether oxygens (including phenoxy) is 2. The largest absolute Gasteiger partial charge is 0.491 e. The Kier molecular flexibility index (Phi) is 10.9. The predicted molar refractivity (Wildman–Crippen MR) is 230 cm³/mol. The lowest BCUT2D eigenvalue weighted by atomic mass is 9.93. The van der Waals surface area contributed by atoms with E-state index in [0.29, 0.717) is 47.7 Å². The maximum atomic E-state index is 13.4. The molecule has 5 aromatic rings. The number of amides is 4. The molecule has 0 bridgehead atoms. The summed E-state index contributed by atoms with van der Waals surface area (Å²) in [7, 11) is 3.54. The first-order valence-electron chi connectivity index (χ1n) is 20.9. The quantitative estimate of drug-likeness (QED) is 0.111. The Morgan fingerprint density at radius 1 is 0.852 bits per heavy atom. The average molecular weight is 827 g/mol. The molecule has 9 rings (SSSR count). The third kappa shape index (κ3) is 8.00. The molecule has 0 saturated carbocycles. The van der Waals surface area contributed by atoms with Crippen LogP contribution in [0, 0.1) is 19.8 Å². The van der Waals surface area contributed by atoms with Crippen LogP contribution in [0.1, 0.15) is 68.7 Å². The van der Waals surface area contributed by atoms with Crippen LogP contribution in [0.5, 0.6) is 5.75 Å². The third-order valence-electron chi connectivity index (χ3n) is 12.4. The number of methoxy groups -OCH3 is 1. The van der Waals surface area contributed by atoms with Crippen molar-refractivity contribution in [2.45, 2.75) is 58.5 Å². The van der Waals surface area contributed by atoms with E-state index in [1.807, 2.05) is 39.1 Å². The number of aromatic nitrogens is 4. The highest BCUT2D eigenvalue weighted by molar-refractivity contribution is 6.23. The molecule has 2 saturated heterocycles. The number of carbonyl (C=O) groups is 4. The van der Waals surface area contributed by atoms with Crippen molar-refractivity contribution in [3.63, 3.8) is 0 Å². The first-order chi connectivity index (χ1) is 29.5. The van der Waals surface area contributed by atoms with E-state index in [1.165, 1.54) is 11.1 Å². The van der Waals surface area contributed by atoms with E-state index in [9.17, 15) is 19.2 Å². The monoisotopic (exact) mass is 826 g/mol. The second kappa shape index (κ2) is 16.6. The molecular formula is C45H50N10O6. The maximum absolute atomic E-state index is 13.4. The molecule has 0 aliphatic carbocycles. The molecule has 0 spiro atoms. The average Bonchev–Trinajstić information content (AvgIpc) is 3.69. The molecule has 0 radical (unpaired) electrons. The Hall–Kier alpha value is -6.39. The molecule has 2 aromatic heterocycles. The molecule has 316 valence electrons. The Morgan fingerprint density at radius 2 is 1.64 bits per heavy atom. The molecule has 6 heterocycles. The van der Waals surface area contributed by atoms with Crippen LogP contribution in [-0.2, 0) is 34.3 Å². The molecule has 3 aromatic carbocycles. The van der Waals surface area contributed by atoms with Crippen LogP contribution in [0.3, 0.4) is 0 Å². The molecule has 4 aliphatic rings. The zero-order valence-corrected chi connectivity index (χ0v) is 34.9. The number of carbonyl (C=O) groups excluding carboxylic acids is 4. The molecule has 16 heteroatoms. The summed E-state index contributed by atoms with van der Waals surface area (Å²) < 4.78 is 12.7. The molecular weight excluding hydrogens is 777 g/mol. The van der Waals surface area contributed by atoms with Crippen LogP contribution < -0.4 is 25.6 Å². The Balaban J connectivity index is 0.801. The van der Waals surface area contributed by atoms with Crippen molar-refractivity contribution in [1.82, 2.24) is 34.9 Å². The third-order valence-corrected chi connectivity index (χ3v) is 12.4. The van der Waals surface area contributed by atoms with Crippen LogP contribution >= 0.6 is 0 Å². The molecule has 16 nitrogen and oxygen atoms in total. The summed E-state index contributed by atoms with van der Waals surface area (Å²) in [6.45, 7) is 9.67. The van der Waals surface area contributed by atoms with Crippen LogP contribution in [0.2, 0.25) is 0 Å². The standard InChI is InChI=1S/C45H50N10O6/c1-26-19-33(61-18-17-60-4)20-27(2)39(26)49-40-36-23-46-45(50-41(36)52(3)51-40)47-31-6-5-29-13-14-53(25-30(29)21-31)24-28-11-15-54(16-12-28)32-7-8-34-35(22-32)44(59)55(43(34)58)37-9-10-38(56)48-42(37)57/h5-8,19-23,28,37H,9-18,24-25H2,1-4H3,(H,49,51)(H,46,47,50)(H,48,56,57). The number of nitrogens with one attached hydrogen (secondary N) is 3. The first kappa shape index (κ1) is 40.0. The van der Waals surface area contributed by atoms with E-state index >= 15 is 0 Å². The van der Waals surface area contributed by atoms with Crippen molar-refractivity contribution in [1.29, 1.82) is 0 Å². The summed E-state index contributed by atoms with van der Waals surface area (Å²) >= 11 is 0. The second-order valence-corrected chi connectivity index (χ2v) is 16.5. The first-order valence-corrected chi connectivity index (χ1v) is 20.9. The highest BCUT2D eigenvalue weighted by atomic mass is 16.5. The lowest BCUT2D eigenvalue weighted by Gasteiger charge is -2.37. The topological polar surface area (TPSA) is 176 Å². The lowest BCUT2D eigenvalue weighted by Crippen LogP contribution is -2.54. The van der Waals surface area contributed by atoms with E-state index in [4.69, 9.17) is 19.6 Å². The number of benzene rings is 3. The maximum Gasteiger partial charge on any atom is 0.262 e. The minimum Gasteiger partial charge on any atom is -0.491 e. The van der Waals surface area contributed by atoms with Gasteiger partial charge in [0.15, 0.2) is 11.5 Å². The van der Waals surface area contributed by atoms with Gasteiger partial charge < -0.3 is 25.0 Å². The Bertz CT molecular complexity index is 2540. The van der Waals surface area contributed by atoms with Crippen molar-refractivity contribution in [3.8, 4) is 5.75 Å². The van der Waals surface area contributed by atoms with E-state index in [0.717, 1.165) is 96.2 Å². The number of imide groups is 2. The van der Waals surface area contributed by atoms with Gasteiger partial charge in [0.2, 0.25) is 17.8 Å². The van der Waals surface area contributed by atoms with Crippen molar-refractivity contribution in [2.24, 2.45) is 13.0 Å². The van der Waals surface area contributed by atoms with Crippen molar-refractivity contribution in [2.75, 3.05) is 62.0 Å². The number of piperidine rings is 2. The van der Waals surface area contributed by atoms with E-state index in [2.05, 4.69) is 48.9 Å². The number of aryl methyl sites for hydroxylation is 3. The van der Waals surface area contributed by atoms with Crippen molar-refractivity contribution < 1.29 is 28.7 Å². The molecule has 61 heavy (non-hydrogen) atoms. The summed E-state index contributed by atoms with van der Waals surface area (Å²) in [5.41, 5.74) is 8.85. The fourth-order valence-corrected chi connectivity index (χ4v) is 9.13. The number of hydrogen-bond donors (Lipinski definition) is 3. The highest BCUT2D eigenvalue weighted by Gasteiger charge is 2.45. The minimum absolute atomic E-state index is 0.0941. The summed E-state index contributed by atoms with van der Waals surface area (Å²) in [6, 6.07) is 14.9. The summed E-state index contributed by atoms with van der Waals surface area (Å²) in [5, 5.41) is 14.8. The zero-order chi connectivity index (χ0) is 42.4. The summed E-state index contributed by atoms with van der Waals surface area (Å²) in [4.78, 5) is 66.1. The van der Waals surface area contributed by atoms with Gasteiger partial charge in [0.05, 0.1) is 23.1 Å². The minimum atomic E-state index is -0.972. The van der Waals surface area contributed by atoms with E-state index in [-0.39, 0.29) is 18.7 Å². The van der Waals surface area contributed by atoms with Crippen LogP contribution in [0.4, 0.5) is 28.8 Å². The smallest absolute Gasteiger partial charge is 0.262 e. The van der Waals surface area contributed by atoms with Crippen LogP contribution in [0.25, 0.3) is 11.0 Å². The van der Waals surface area contributed by atoms with Gasteiger partial charge in [-0.3, -0.25) is 34.3 Å². The number of anilines is 5. The Morgan fingerprint density at radius 3 is 2.41 bits per heavy atom. The number of fused-ring (bicyclic) bond motifs is 3. The number of hydrogen-bond acceptors (Lipinski definition) is 13. The summed E-state index contributed by atoms with van der Waals surface area (Å²) in [5.74, 6) is 0.557. The van der Waals surface area contributed by atoms with Crippen molar-refractivity contribution >= 4 is 63.5 Å². The highest BCUT2D eigenvalue weighted by Crippen LogP contribution is 2.35. The molecule has 4 aliphatic heterocycles. The molecule has 2 fully saturated rings. The van der Waals surface area contributed by atoms with E-state index in [1.54, 1.807) is 30.1 Å². The molecule has 4 amide bonds. The van der Waals surface area contributed by atoms with Gasteiger partial charge in [0, 0.05) is 76.6 Å². The number of nitrogens with zero attached hydrogens (tertiary/aromatic N) is 7. The fourth-order valence-electron chi connectivity index (χ4n) is 9.13. The normalized spacial score (nSPS) is 18.4. The van der Waals surface area contributed by atoms with Gasteiger partial charge in [-0.1, -0.05) is 6.07 Å². The molecule has 1 atom stereocenters. The van der Waals surface area contributed by atoms with E-state index < -0.39 is 23.8 Å². The van der Waals surface area contributed by atoms with Gasteiger partial charge in [-0.15, -0.1) is 0 Å². The van der Waals surface area contributed by atoms with Crippen molar-refractivity contribution in [3.05, 3.63) is 88.1 Å². The SMILES string of the molecule is COCCOc1cc(C)c(Nc2nn(C)c3nc(Nc4ccc5c(c4)CN(CC4CCN(c6ccc7c(c6)C(=O)N(C6CCC(=O)NC6=O)C7=O)CC4)CC5)ncc23)c(C)c1. The summed E-state index contributed by atoms with van der Waals surface area (Å²) in [6.07, 6.45) is 5.05. The van der Waals surface area contributed by atoms with Gasteiger partial charge in [0.25, 0.3) is 11.8 Å². The van der Waals surface area contributed by atoms with Gasteiger partial charge in [-0.05, 0) is 110 Å². The second-order valence-electron chi connectivity index (χ2n) is 16.5. The lowest BCUT2D eigenvalue weighted by molar-refractivity contribution is -0.136. The van der Waals surface area contributed by atoms with Gasteiger partial charge >= 0.3 is 0 Å². The predicted octanol–water partition coefficient (Wildman–Crippen LogP) is 5.17. The van der Waals surface area contributed by atoms with Crippen LogP contribution in [0.15, 0.2) is 54.7 Å². The molecule has 3 N–H and O–H groups in total. The number of rotatable bonds is 12. The molecule has 1 unspecified atom stereocenters. The Labute approximate surface area is 353 Å². The fraction of sp³-hybridized carbons (Fsp3) is 0.400. The van der Waals surface area contributed by atoms with Crippen LogP contribution in [-0.4, -0.2) is 106 Å². The van der Waals surface area contributed by atoms with Gasteiger partial charge in [-0.25, -0.2) is 9.67 Å².